The Bertz CT molecular complexity index is 382. The molecule has 82 valence electrons. The second-order valence-corrected chi connectivity index (χ2v) is 4.78. The van der Waals surface area contributed by atoms with Gasteiger partial charge in [-0.15, -0.1) is 11.3 Å². The Kier molecular flexibility index (Phi) is 3.85. The lowest BCUT2D eigenvalue weighted by Gasteiger charge is -2.01. The van der Waals surface area contributed by atoms with E-state index in [-0.39, 0.29) is 0 Å². The zero-order chi connectivity index (χ0) is 11.4. The van der Waals surface area contributed by atoms with Crippen molar-refractivity contribution in [2.45, 2.75) is 20.3 Å². The molecule has 1 rings (SSSR count). The predicted molar refractivity (Wildman–Crippen MR) is 60.4 cm³/mol. The van der Waals surface area contributed by atoms with E-state index in [1.807, 2.05) is 6.07 Å². The molecule has 0 radical (unpaired) electrons. The lowest BCUT2D eigenvalue weighted by molar-refractivity contribution is -0.129. The highest BCUT2D eigenvalue weighted by Gasteiger charge is 2.13. The third kappa shape index (κ3) is 3.06. The maximum Gasteiger partial charge on any atom is 0.355 e. The fourth-order valence-electron chi connectivity index (χ4n) is 1.21. The van der Waals surface area contributed by atoms with Crippen LogP contribution < -0.4 is 0 Å². The van der Waals surface area contributed by atoms with Crippen molar-refractivity contribution < 1.29 is 9.90 Å². The fourth-order valence-corrected chi connectivity index (χ4v) is 2.40. The summed E-state index contributed by atoms with van der Waals surface area (Å²) in [5.41, 5.74) is -0.407. The molecule has 0 saturated heterocycles. The van der Waals surface area contributed by atoms with E-state index < -0.39 is 11.7 Å². The van der Waals surface area contributed by atoms with Crippen molar-refractivity contribution in [1.29, 1.82) is 0 Å². The Hall–Kier alpha value is -1.36. The first kappa shape index (κ1) is 11.7. The Morgan fingerprint density at radius 2 is 2.27 bits per heavy atom. The van der Waals surface area contributed by atoms with Crippen LogP contribution in [0.25, 0.3) is 0 Å². The van der Waals surface area contributed by atoms with E-state index in [9.17, 15) is 10.0 Å². The number of carbonyl (C=O) groups is 1. The van der Waals surface area contributed by atoms with E-state index in [2.05, 4.69) is 19.0 Å². The second kappa shape index (κ2) is 4.93. The molecule has 0 aromatic carbocycles. The van der Waals surface area contributed by atoms with E-state index in [0.717, 1.165) is 11.3 Å². The van der Waals surface area contributed by atoms with Crippen molar-refractivity contribution in [3.8, 4) is 0 Å². The summed E-state index contributed by atoms with van der Waals surface area (Å²) in [7, 11) is 0. The van der Waals surface area contributed by atoms with Crippen molar-refractivity contribution in [3.63, 3.8) is 0 Å². The quantitative estimate of drug-likeness (QED) is 0.632. The van der Waals surface area contributed by atoms with Crippen LogP contribution in [0.5, 0.6) is 0 Å². The summed E-state index contributed by atoms with van der Waals surface area (Å²) in [5.74, 6) is -0.767. The van der Waals surface area contributed by atoms with Crippen LogP contribution in [0.4, 0.5) is 0 Å². The molecule has 4 nitrogen and oxygen atoms in total. The number of thiophene rings is 1. The number of hydrogen-bond donors (Lipinski definition) is 1. The van der Waals surface area contributed by atoms with Crippen LogP contribution in [-0.4, -0.2) is 16.8 Å². The van der Waals surface area contributed by atoms with Crippen molar-refractivity contribution >= 4 is 23.0 Å². The molecule has 15 heavy (non-hydrogen) atoms. The van der Waals surface area contributed by atoms with E-state index in [1.54, 1.807) is 6.07 Å². The maximum atomic E-state index is 10.6. The number of carboxylic acids is 1. The van der Waals surface area contributed by atoms with E-state index in [1.165, 1.54) is 11.3 Å². The van der Waals surface area contributed by atoms with Crippen LogP contribution in [0.15, 0.2) is 17.3 Å². The molecule has 0 aliphatic rings. The third-order valence-corrected chi connectivity index (χ3v) is 2.91. The van der Waals surface area contributed by atoms with Gasteiger partial charge < -0.3 is 15.5 Å². The third-order valence-electron chi connectivity index (χ3n) is 1.80. The Morgan fingerprint density at radius 3 is 2.73 bits per heavy atom. The molecule has 0 unspecified atom stereocenters. The molecule has 1 aromatic heterocycles. The molecule has 0 fully saturated rings. The van der Waals surface area contributed by atoms with Gasteiger partial charge in [-0.05, 0) is 24.5 Å². The molecular weight excluding hydrogens is 214 g/mol. The van der Waals surface area contributed by atoms with Crippen LogP contribution in [0.1, 0.15) is 23.6 Å². The molecular formula is C10H12NO3S-. The summed E-state index contributed by atoms with van der Waals surface area (Å²) in [6.45, 7) is 4.17. The van der Waals surface area contributed by atoms with Crippen LogP contribution >= 0.6 is 11.3 Å². The van der Waals surface area contributed by atoms with Gasteiger partial charge in [0.15, 0.2) is 5.71 Å². The normalized spacial score (nSPS) is 12.1. The van der Waals surface area contributed by atoms with Crippen molar-refractivity contribution in [3.05, 3.63) is 27.1 Å². The maximum absolute atomic E-state index is 10.6. The summed E-state index contributed by atoms with van der Waals surface area (Å²) >= 11 is 1.31. The smallest absolute Gasteiger partial charge is 0.355 e. The minimum atomic E-state index is -1.28. The van der Waals surface area contributed by atoms with Gasteiger partial charge in [0.1, 0.15) is 0 Å². The highest BCUT2D eigenvalue weighted by molar-refractivity contribution is 7.14. The fraction of sp³-hybridized carbons (Fsp3) is 0.400. The topological polar surface area (TPSA) is 72.7 Å². The highest BCUT2D eigenvalue weighted by Crippen LogP contribution is 2.20. The van der Waals surface area contributed by atoms with Gasteiger partial charge in [-0.2, -0.15) is 0 Å². The van der Waals surface area contributed by atoms with Gasteiger partial charge in [0.2, 0.25) is 0 Å². The van der Waals surface area contributed by atoms with E-state index >= 15 is 0 Å². The Balaban J connectivity index is 2.88. The van der Waals surface area contributed by atoms with Gasteiger partial charge in [-0.25, -0.2) is 4.79 Å². The van der Waals surface area contributed by atoms with Gasteiger partial charge >= 0.3 is 5.97 Å². The molecule has 1 aromatic rings. The first-order chi connectivity index (χ1) is 7.04. The predicted octanol–water partition coefficient (Wildman–Crippen LogP) is 2.32. The molecule has 1 heterocycles. The highest BCUT2D eigenvalue weighted by atomic mass is 32.1. The van der Waals surface area contributed by atoms with Crippen molar-refractivity contribution in [1.82, 2.24) is 0 Å². The zero-order valence-corrected chi connectivity index (χ0v) is 9.37. The monoisotopic (exact) mass is 226 g/mol. The number of hydrogen-bond acceptors (Lipinski definition) is 4. The SMILES string of the molecule is CC(C)Cc1ccc(/C(=N\[O-])C(=O)O)s1. The molecule has 1 N–H and O–H groups in total. The average molecular weight is 226 g/mol. The summed E-state index contributed by atoms with van der Waals surface area (Å²) in [5, 5.41) is 21.5. The molecule has 5 heteroatoms. The lowest BCUT2D eigenvalue weighted by Crippen LogP contribution is -2.12. The largest absolute Gasteiger partial charge is 0.791 e. The molecule has 0 saturated carbocycles. The molecule has 0 spiro atoms. The van der Waals surface area contributed by atoms with Crippen molar-refractivity contribution in [2.24, 2.45) is 11.1 Å². The molecule has 0 bridgehead atoms. The van der Waals surface area contributed by atoms with Gasteiger partial charge in [0.05, 0.1) is 4.88 Å². The van der Waals surface area contributed by atoms with Gasteiger partial charge in [-0.1, -0.05) is 13.8 Å². The Morgan fingerprint density at radius 1 is 1.60 bits per heavy atom. The molecule has 0 aliphatic heterocycles. The van der Waals surface area contributed by atoms with Gasteiger partial charge in [-0.3, -0.25) is 0 Å². The van der Waals surface area contributed by atoms with Crippen LogP contribution in [0.2, 0.25) is 0 Å². The zero-order valence-electron chi connectivity index (χ0n) is 8.56. The van der Waals surface area contributed by atoms with Gasteiger partial charge in [0, 0.05) is 4.88 Å². The minimum Gasteiger partial charge on any atom is -0.791 e. The summed E-state index contributed by atoms with van der Waals surface area (Å²) < 4.78 is 0. The van der Waals surface area contributed by atoms with Gasteiger partial charge in [0.25, 0.3) is 0 Å². The number of aliphatic carboxylic acids is 1. The van der Waals surface area contributed by atoms with Crippen molar-refractivity contribution in [2.75, 3.05) is 0 Å². The average Bonchev–Trinajstić information content (AvgIpc) is 2.52. The molecule has 0 atom stereocenters. The first-order valence-electron chi connectivity index (χ1n) is 4.57. The van der Waals surface area contributed by atoms with Crippen LogP contribution in [-0.2, 0) is 11.2 Å². The lowest BCUT2D eigenvalue weighted by atomic mass is 10.1. The summed E-state index contributed by atoms with van der Waals surface area (Å²) in [4.78, 5) is 12.1. The second-order valence-electron chi connectivity index (χ2n) is 3.61. The standard InChI is InChI=1S/C10H13NO3S/c1-6(2)5-7-3-4-8(15-7)9(11-14)10(12)13/h3-4,6,14H,5H2,1-2H3,(H,12,13)/p-1/b11-9+. The van der Waals surface area contributed by atoms with E-state index in [4.69, 9.17) is 5.11 Å². The molecule has 0 aliphatic carbocycles. The first-order valence-corrected chi connectivity index (χ1v) is 5.39. The Labute approximate surface area is 91.9 Å². The number of carboxylic acid groups (broad SMARTS) is 1. The summed E-state index contributed by atoms with van der Waals surface area (Å²) in [6.07, 6.45) is 0.885. The van der Waals surface area contributed by atoms with E-state index in [0.29, 0.717) is 10.8 Å². The van der Waals surface area contributed by atoms with Crippen LogP contribution in [0.3, 0.4) is 0 Å². The minimum absolute atomic E-state index is 0.407. The van der Waals surface area contributed by atoms with Crippen LogP contribution in [0, 0.1) is 11.1 Å². The number of nitrogens with zero attached hydrogens (tertiary/aromatic N) is 1. The molecule has 0 amide bonds. The number of rotatable bonds is 4. The summed E-state index contributed by atoms with van der Waals surface area (Å²) in [6, 6.07) is 3.47.